The highest BCUT2D eigenvalue weighted by Crippen LogP contribution is 2.56. The molecule has 4 nitrogen and oxygen atoms in total. The largest absolute Gasteiger partial charge is 0.494 e. The van der Waals surface area contributed by atoms with Gasteiger partial charge in [0.25, 0.3) is 5.92 Å². The lowest BCUT2D eigenvalue weighted by atomic mass is 9.62. The Balaban J connectivity index is 1.56. The van der Waals surface area contributed by atoms with Gasteiger partial charge in [-0.3, -0.25) is 0 Å². The van der Waals surface area contributed by atoms with Crippen LogP contribution in [0, 0.1) is 11.8 Å². The Morgan fingerprint density at radius 3 is 1.96 bits per heavy atom. The van der Waals surface area contributed by atoms with Crippen LogP contribution in [-0.4, -0.2) is 29.8 Å². The van der Waals surface area contributed by atoms with Crippen LogP contribution in [-0.2, 0) is 34.7 Å². The first-order valence-electron chi connectivity index (χ1n) is 15.6. The highest BCUT2D eigenvalue weighted by Gasteiger charge is 2.70. The van der Waals surface area contributed by atoms with Crippen molar-refractivity contribution >= 4 is 11.6 Å². The number of alkyl halides is 2. The van der Waals surface area contributed by atoms with Crippen LogP contribution in [0.5, 0.6) is 5.75 Å². The van der Waals surface area contributed by atoms with Crippen LogP contribution in [0.4, 0.5) is 8.78 Å². The first-order valence-corrected chi connectivity index (χ1v) is 16.0. The molecule has 0 radical (unpaired) electrons. The number of halogens is 3. The minimum absolute atomic E-state index is 0.0330. The molecule has 4 aromatic carbocycles. The van der Waals surface area contributed by atoms with Crippen LogP contribution in [0.2, 0.25) is 5.02 Å². The van der Waals surface area contributed by atoms with Gasteiger partial charge in [0.1, 0.15) is 11.9 Å². The van der Waals surface area contributed by atoms with E-state index in [0.29, 0.717) is 23.6 Å². The molecule has 0 bridgehead atoms. The average Bonchev–Trinajstić information content (AvgIpc) is 3.05. The molecule has 1 aliphatic carbocycles. The van der Waals surface area contributed by atoms with E-state index in [2.05, 4.69) is 0 Å². The molecular weight excluding hydrogens is 594 g/mol. The van der Waals surface area contributed by atoms with E-state index in [9.17, 15) is 5.11 Å². The number of rotatable bonds is 12. The summed E-state index contributed by atoms with van der Waals surface area (Å²) in [6.07, 6.45) is -1.67. The van der Waals surface area contributed by atoms with Gasteiger partial charge in [0, 0.05) is 10.9 Å². The third-order valence-electron chi connectivity index (χ3n) is 8.95. The summed E-state index contributed by atoms with van der Waals surface area (Å²) < 4.78 is 52.2. The van der Waals surface area contributed by atoms with Gasteiger partial charge < -0.3 is 19.3 Å². The third kappa shape index (κ3) is 6.95. The molecule has 5 atom stereocenters. The molecule has 0 aliphatic heterocycles. The molecule has 1 unspecified atom stereocenters. The number of ether oxygens (including phenoxy) is 3. The second-order valence-electron chi connectivity index (χ2n) is 11.8. The predicted molar refractivity (Wildman–Crippen MR) is 174 cm³/mol. The molecule has 1 fully saturated rings. The lowest BCUT2D eigenvalue weighted by Gasteiger charge is -2.54. The van der Waals surface area contributed by atoms with Crippen molar-refractivity contribution in [3.8, 4) is 5.75 Å². The van der Waals surface area contributed by atoms with E-state index in [4.69, 9.17) is 25.8 Å². The summed E-state index contributed by atoms with van der Waals surface area (Å²) in [4.78, 5) is 0. The molecule has 7 heteroatoms. The SMILES string of the molecule is CCOc1ccc(Cc2cc(C3(O)[C@H](OCc4ccccc4)[C@@H](OCc4ccccc4)[C@H](C)[C@@H](CC)C3(F)F)ccc2Cl)cc1. The zero-order valence-corrected chi connectivity index (χ0v) is 26.7. The first-order chi connectivity index (χ1) is 21.7. The van der Waals surface area contributed by atoms with E-state index in [1.807, 2.05) is 91.9 Å². The van der Waals surface area contributed by atoms with Gasteiger partial charge in [-0.25, -0.2) is 8.78 Å². The summed E-state index contributed by atoms with van der Waals surface area (Å²) in [6, 6.07) is 31.2. The van der Waals surface area contributed by atoms with Crippen molar-refractivity contribution in [1.82, 2.24) is 0 Å². The lowest BCUT2D eigenvalue weighted by molar-refractivity contribution is -0.331. The maximum atomic E-state index is 16.9. The van der Waals surface area contributed by atoms with Gasteiger partial charge in [-0.1, -0.05) is 110 Å². The predicted octanol–water partition coefficient (Wildman–Crippen LogP) is 9.00. The van der Waals surface area contributed by atoms with Gasteiger partial charge >= 0.3 is 0 Å². The van der Waals surface area contributed by atoms with E-state index in [1.165, 1.54) is 6.07 Å². The van der Waals surface area contributed by atoms with Crippen LogP contribution in [0.15, 0.2) is 103 Å². The van der Waals surface area contributed by atoms with Crippen LogP contribution >= 0.6 is 11.6 Å². The minimum Gasteiger partial charge on any atom is -0.494 e. The number of benzene rings is 4. The maximum absolute atomic E-state index is 16.9. The van der Waals surface area contributed by atoms with Gasteiger partial charge in [-0.15, -0.1) is 0 Å². The van der Waals surface area contributed by atoms with Gasteiger partial charge in [0.2, 0.25) is 0 Å². The van der Waals surface area contributed by atoms with Gasteiger partial charge in [0.05, 0.1) is 25.9 Å². The Kier molecular flexibility index (Phi) is 10.6. The van der Waals surface area contributed by atoms with Crippen molar-refractivity contribution in [3.63, 3.8) is 0 Å². The Morgan fingerprint density at radius 2 is 1.38 bits per heavy atom. The van der Waals surface area contributed by atoms with Gasteiger partial charge in [0.15, 0.2) is 5.60 Å². The maximum Gasteiger partial charge on any atom is 0.286 e. The van der Waals surface area contributed by atoms with Crippen LogP contribution in [0.25, 0.3) is 0 Å². The molecule has 45 heavy (non-hydrogen) atoms. The summed E-state index contributed by atoms with van der Waals surface area (Å²) in [5.74, 6) is -4.56. The summed E-state index contributed by atoms with van der Waals surface area (Å²) in [5, 5.41) is 13.0. The fraction of sp³-hybridized carbons (Fsp3) is 0.368. The van der Waals surface area contributed by atoms with E-state index < -0.39 is 35.6 Å². The smallest absolute Gasteiger partial charge is 0.286 e. The summed E-state index contributed by atoms with van der Waals surface area (Å²) in [7, 11) is 0. The quantitative estimate of drug-likeness (QED) is 0.169. The van der Waals surface area contributed by atoms with Crippen molar-refractivity contribution < 1.29 is 28.1 Å². The van der Waals surface area contributed by atoms with Crippen molar-refractivity contribution in [3.05, 3.63) is 136 Å². The fourth-order valence-electron chi connectivity index (χ4n) is 6.55. The summed E-state index contributed by atoms with van der Waals surface area (Å²) >= 11 is 6.64. The lowest BCUT2D eigenvalue weighted by Crippen LogP contribution is -2.69. The topological polar surface area (TPSA) is 47.9 Å². The average molecular weight is 635 g/mol. The Bertz CT molecular complexity index is 1520. The van der Waals surface area contributed by atoms with Crippen LogP contribution in [0.3, 0.4) is 0 Å². The number of hydrogen-bond donors (Lipinski definition) is 1. The highest BCUT2D eigenvalue weighted by atomic mass is 35.5. The molecule has 238 valence electrons. The Labute approximate surface area is 269 Å². The van der Waals surface area contributed by atoms with Crippen molar-refractivity contribution in [2.45, 2.75) is 70.6 Å². The Hall–Kier alpha value is -3.29. The van der Waals surface area contributed by atoms with E-state index in [-0.39, 0.29) is 25.2 Å². The molecule has 1 saturated carbocycles. The molecule has 1 N–H and O–H groups in total. The molecule has 0 aromatic heterocycles. The minimum atomic E-state index is -3.54. The van der Waals surface area contributed by atoms with Crippen molar-refractivity contribution in [2.75, 3.05) is 6.61 Å². The molecule has 1 aliphatic rings. The number of hydrogen-bond acceptors (Lipinski definition) is 4. The number of aliphatic hydroxyl groups is 1. The third-order valence-corrected chi connectivity index (χ3v) is 9.32. The highest BCUT2D eigenvalue weighted by molar-refractivity contribution is 6.31. The zero-order valence-electron chi connectivity index (χ0n) is 26.0. The first kappa shape index (κ1) is 33.1. The summed E-state index contributed by atoms with van der Waals surface area (Å²) in [6.45, 7) is 6.21. The van der Waals surface area contributed by atoms with Gasteiger partial charge in [-0.2, -0.15) is 0 Å². The van der Waals surface area contributed by atoms with E-state index in [1.54, 1.807) is 26.0 Å². The second-order valence-corrected chi connectivity index (χ2v) is 12.2. The Morgan fingerprint density at radius 1 is 0.778 bits per heavy atom. The molecule has 5 rings (SSSR count). The standard InChI is InChI=1S/C38H41ClF2O4/c1-4-33-26(3)35(44-24-28-12-8-6-9-13-28)36(45-25-29-14-10-7-11-15-29)37(42,38(33,40)41)31-18-21-34(39)30(23-31)22-27-16-19-32(20-17-27)43-5-2/h6-21,23,26,33,35-36,42H,4-5,22,24-25H2,1-3H3/t26-,33-,35+,36-,37?/m1/s1. The van der Waals surface area contributed by atoms with E-state index in [0.717, 1.165) is 22.4 Å². The molecule has 0 heterocycles. The van der Waals surface area contributed by atoms with Crippen LogP contribution < -0.4 is 4.74 Å². The zero-order chi connectivity index (χ0) is 32.0. The molecule has 0 amide bonds. The van der Waals surface area contributed by atoms with E-state index >= 15 is 8.78 Å². The molecule has 0 saturated heterocycles. The molecular formula is C38H41ClF2O4. The molecule has 0 spiro atoms. The second kappa shape index (κ2) is 14.4. The monoisotopic (exact) mass is 634 g/mol. The fourth-order valence-corrected chi connectivity index (χ4v) is 6.73. The van der Waals surface area contributed by atoms with Gasteiger partial charge in [-0.05, 0) is 71.7 Å². The van der Waals surface area contributed by atoms with Crippen LogP contribution in [0.1, 0.15) is 55.0 Å². The molecule has 4 aromatic rings. The van der Waals surface area contributed by atoms with Crippen molar-refractivity contribution in [2.24, 2.45) is 11.8 Å². The van der Waals surface area contributed by atoms with Crippen molar-refractivity contribution in [1.29, 1.82) is 0 Å². The summed E-state index contributed by atoms with van der Waals surface area (Å²) in [5.41, 5.74) is 0.620. The normalized spacial score (nSPS) is 24.3.